The molecule has 0 atom stereocenters. The van der Waals surface area contributed by atoms with E-state index in [0.717, 1.165) is 117 Å². The lowest BCUT2D eigenvalue weighted by Crippen LogP contribution is -1.94. The van der Waals surface area contributed by atoms with Crippen LogP contribution in [0.5, 0.6) is 11.5 Å². The quantitative estimate of drug-likeness (QED) is 0.157. The van der Waals surface area contributed by atoms with Crippen LogP contribution in [0.1, 0.15) is 73.4 Å². The van der Waals surface area contributed by atoms with E-state index in [-0.39, 0.29) is 0 Å². The number of aromatic amines is 2. The van der Waals surface area contributed by atoms with Crippen LogP contribution in [0.15, 0.2) is 72.8 Å². The van der Waals surface area contributed by atoms with Gasteiger partial charge in [-0.15, -0.1) is 0 Å². The molecule has 6 heteroatoms. The average molecular weight is 635 g/mol. The molecule has 2 aliphatic heterocycles. The summed E-state index contributed by atoms with van der Waals surface area (Å²) in [7, 11) is 3.49. The van der Waals surface area contributed by atoms with Gasteiger partial charge >= 0.3 is 0 Å². The van der Waals surface area contributed by atoms with Gasteiger partial charge in [-0.3, -0.25) is 0 Å². The number of aryl methyl sites for hydroxylation is 2. The maximum Gasteiger partial charge on any atom is 0.122 e. The monoisotopic (exact) mass is 634 g/mol. The van der Waals surface area contributed by atoms with E-state index in [9.17, 15) is 0 Å². The van der Waals surface area contributed by atoms with Gasteiger partial charge in [0.05, 0.1) is 37.0 Å². The fraction of sp³-hybridized carbons (Fsp3) is 0.238. The molecular weight excluding hydrogens is 592 g/mol. The summed E-state index contributed by atoms with van der Waals surface area (Å²) in [5, 5.41) is 0. The van der Waals surface area contributed by atoms with Gasteiger partial charge in [-0.25, -0.2) is 9.97 Å². The van der Waals surface area contributed by atoms with E-state index in [4.69, 9.17) is 19.4 Å². The molecule has 3 aromatic heterocycles. The molecule has 0 unspecified atom stereocenters. The first kappa shape index (κ1) is 31.3. The Bertz CT molecular complexity index is 2040. The zero-order valence-electron chi connectivity index (χ0n) is 28.2. The minimum absolute atomic E-state index is 0.891. The molecule has 0 radical (unpaired) electrons. The zero-order chi connectivity index (χ0) is 33.0. The second kappa shape index (κ2) is 13.8. The molecule has 0 amide bonds. The minimum Gasteiger partial charge on any atom is -0.496 e. The van der Waals surface area contributed by atoms with Crippen molar-refractivity contribution in [1.82, 2.24) is 19.9 Å². The van der Waals surface area contributed by atoms with Gasteiger partial charge < -0.3 is 19.4 Å². The lowest BCUT2D eigenvalue weighted by Gasteiger charge is -2.12. The summed E-state index contributed by atoms with van der Waals surface area (Å²) >= 11 is 0. The van der Waals surface area contributed by atoms with Crippen molar-refractivity contribution in [3.05, 3.63) is 107 Å². The Morgan fingerprint density at radius 2 is 1.00 bits per heavy atom. The third-order valence-electron chi connectivity index (χ3n) is 9.14. The number of aromatic nitrogens is 4. The van der Waals surface area contributed by atoms with Crippen molar-refractivity contribution in [2.24, 2.45) is 0 Å². The second-order valence-corrected chi connectivity index (χ2v) is 12.5. The minimum atomic E-state index is 0.891. The summed E-state index contributed by atoms with van der Waals surface area (Å²) in [6.45, 7) is 4.44. The molecule has 0 saturated heterocycles. The Kier molecular flexibility index (Phi) is 8.97. The lowest BCUT2D eigenvalue weighted by atomic mass is 9.98. The molecule has 8 bridgehead atoms. The number of fused-ring (bicyclic) bond motifs is 8. The maximum absolute atomic E-state index is 5.74. The van der Waals surface area contributed by atoms with Gasteiger partial charge in [0.15, 0.2) is 0 Å². The fourth-order valence-corrected chi connectivity index (χ4v) is 6.67. The molecule has 6 nitrogen and oxygen atoms in total. The number of nitrogens with one attached hydrogen (secondary N) is 2. The standard InChI is InChI=1S/C42H42N4O2/c1-5-7-9-27-23-29(11-21-39(27)47-3)41-35-17-13-31(43-35)25-33-15-19-37(45-33)42(30-12-22-40(48-4)28(24-30)10-8-6-2)38-20-16-34(46-38)26-32-14-18-36(41)44-32/h11-26,43,46H,5-10H2,1-4H3. The van der Waals surface area contributed by atoms with E-state index in [2.05, 4.69) is 121 Å². The van der Waals surface area contributed by atoms with Crippen LogP contribution in [-0.2, 0) is 12.8 Å². The van der Waals surface area contributed by atoms with E-state index in [1.165, 1.54) is 11.1 Å². The Balaban J connectivity index is 1.46. The van der Waals surface area contributed by atoms with E-state index in [1.54, 1.807) is 14.2 Å². The van der Waals surface area contributed by atoms with Crippen LogP contribution in [0.2, 0.25) is 0 Å². The van der Waals surface area contributed by atoms with Crippen molar-refractivity contribution in [1.29, 1.82) is 0 Å². The van der Waals surface area contributed by atoms with Gasteiger partial charge in [0.2, 0.25) is 0 Å². The first-order chi connectivity index (χ1) is 23.6. The van der Waals surface area contributed by atoms with Gasteiger partial charge in [0.25, 0.3) is 0 Å². The Morgan fingerprint density at radius 1 is 0.542 bits per heavy atom. The molecule has 242 valence electrons. The molecule has 2 aliphatic rings. The van der Waals surface area contributed by atoms with Crippen molar-refractivity contribution in [3.63, 3.8) is 0 Å². The third kappa shape index (κ3) is 6.30. The van der Waals surface area contributed by atoms with E-state index < -0.39 is 0 Å². The molecule has 5 aromatic rings. The number of H-pyrrole nitrogens is 2. The fourth-order valence-electron chi connectivity index (χ4n) is 6.67. The van der Waals surface area contributed by atoms with Gasteiger partial charge in [0.1, 0.15) is 11.5 Å². The summed E-state index contributed by atoms with van der Waals surface area (Å²) < 4.78 is 11.5. The largest absolute Gasteiger partial charge is 0.496 e. The first-order valence-electron chi connectivity index (χ1n) is 17.0. The third-order valence-corrected chi connectivity index (χ3v) is 9.14. The highest BCUT2D eigenvalue weighted by Gasteiger charge is 2.16. The smallest absolute Gasteiger partial charge is 0.122 e. The average Bonchev–Trinajstić information content (AvgIpc) is 3.94. The normalized spacial score (nSPS) is 12.1. The molecule has 7 rings (SSSR count). The number of hydrogen-bond acceptors (Lipinski definition) is 4. The van der Waals surface area contributed by atoms with Crippen LogP contribution in [0, 0.1) is 0 Å². The highest BCUT2D eigenvalue weighted by Crippen LogP contribution is 2.36. The number of hydrogen-bond donors (Lipinski definition) is 2. The van der Waals surface area contributed by atoms with Crippen molar-refractivity contribution in [2.45, 2.75) is 52.4 Å². The van der Waals surface area contributed by atoms with Crippen LogP contribution in [-0.4, -0.2) is 34.2 Å². The predicted octanol–water partition coefficient (Wildman–Crippen LogP) is 10.7. The summed E-state index contributed by atoms with van der Waals surface area (Å²) in [5.41, 5.74) is 14.3. The van der Waals surface area contributed by atoms with Crippen molar-refractivity contribution in [3.8, 4) is 33.8 Å². The molecule has 5 heterocycles. The van der Waals surface area contributed by atoms with Crippen LogP contribution >= 0.6 is 0 Å². The number of nitrogens with zero attached hydrogens (tertiary/aromatic N) is 2. The number of benzene rings is 2. The molecule has 0 aliphatic carbocycles. The van der Waals surface area contributed by atoms with Gasteiger partial charge in [-0.1, -0.05) is 38.8 Å². The predicted molar refractivity (Wildman–Crippen MR) is 200 cm³/mol. The summed E-state index contributed by atoms with van der Waals surface area (Å²) in [6.07, 6.45) is 14.8. The van der Waals surface area contributed by atoms with Gasteiger partial charge in [0, 0.05) is 33.2 Å². The first-order valence-corrected chi connectivity index (χ1v) is 17.0. The highest BCUT2D eigenvalue weighted by molar-refractivity contribution is 5.93. The van der Waals surface area contributed by atoms with Crippen LogP contribution < -0.4 is 9.47 Å². The van der Waals surface area contributed by atoms with Gasteiger partial charge in [-0.2, -0.15) is 0 Å². The second-order valence-electron chi connectivity index (χ2n) is 12.5. The molecule has 0 spiro atoms. The Morgan fingerprint density at radius 3 is 1.42 bits per heavy atom. The van der Waals surface area contributed by atoms with E-state index in [1.807, 2.05) is 0 Å². The number of unbranched alkanes of at least 4 members (excludes halogenated alkanes) is 2. The lowest BCUT2D eigenvalue weighted by molar-refractivity contribution is 0.409. The summed E-state index contributed by atoms with van der Waals surface area (Å²) in [5.74, 6) is 1.85. The van der Waals surface area contributed by atoms with E-state index >= 15 is 0 Å². The van der Waals surface area contributed by atoms with Crippen LogP contribution in [0.25, 0.3) is 68.6 Å². The summed E-state index contributed by atoms with van der Waals surface area (Å²) in [6, 6.07) is 25.7. The Labute approximate surface area is 282 Å². The molecule has 48 heavy (non-hydrogen) atoms. The van der Waals surface area contributed by atoms with Crippen molar-refractivity contribution < 1.29 is 9.47 Å². The summed E-state index contributed by atoms with van der Waals surface area (Å²) in [4.78, 5) is 17.6. The topological polar surface area (TPSA) is 75.8 Å². The number of rotatable bonds is 10. The number of methoxy groups -OCH3 is 2. The highest BCUT2D eigenvalue weighted by atomic mass is 16.5. The number of ether oxygens (including phenoxy) is 2. The van der Waals surface area contributed by atoms with Crippen molar-refractivity contribution in [2.75, 3.05) is 14.2 Å². The van der Waals surface area contributed by atoms with E-state index in [0.29, 0.717) is 0 Å². The van der Waals surface area contributed by atoms with Crippen molar-refractivity contribution >= 4 is 46.4 Å². The van der Waals surface area contributed by atoms with Gasteiger partial charge in [-0.05, 0) is 133 Å². The Hall–Kier alpha value is -5.36. The molecule has 0 fully saturated rings. The molecular formula is C42H42N4O2. The SMILES string of the molecule is CCCCc1cc(-c2c3nc(cc4ccc([nH]4)c(-c4ccc(OC)c(CCCC)c4)c4nc(cc5ccc2[nH]5)C=C4)C=C3)ccc1OC. The molecule has 0 saturated carbocycles. The van der Waals surface area contributed by atoms with Crippen LogP contribution in [0.3, 0.4) is 0 Å². The molecule has 2 aromatic carbocycles. The maximum atomic E-state index is 5.74. The zero-order valence-corrected chi connectivity index (χ0v) is 28.2. The van der Waals surface area contributed by atoms with Crippen LogP contribution in [0.4, 0.5) is 0 Å². The molecule has 2 N–H and O–H groups in total.